The zero-order valence-corrected chi connectivity index (χ0v) is 15.8. The molecule has 1 aromatic carbocycles. The van der Waals surface area contributed by atoms with Gasteiger partial charge >= 0.3 is 6.18 Å². The molecule has 27 heavy (non-hydrogen) atoms. The fourth-order valence-electron chi connectivity index (χ4n) is 4.16. The summed E-state index contributed by atoms with van der Waals surface area (Å²) in [6, 6.07) is 6.63. The van der Waals surface area contributed by atoms with Crippen LogP contribution in [0, 0.1) is 5.92 Å². The van der Waals surface area contributed by atoms with Crippen molar-refractivity contribution in [3.8, 4) is 0 Å². The number of benzene rings is 1. The lowest BCUT2D eigenvalue weighted by Crippen LogP contribution is -2.58. The van der Waals surface area contributed by atoms with Gasteiger partial charge in [0, 0.05) is 36.4 Å². The van der Waals surface area contributed by atoms with Gasteiger partial charge in [0.2, 0.25) is 0 Å². The molecule has 2 fully saturated rings. The van der Waals surface area contributed by atoms with Crippen LogP contribution in [0.4, 0.5) is 18.9 Å². The fourth-order valence-corrected chi connectivity index (χ4v) is 5.15. The molecule has 0 aliphatic carbocycles. The van der Waals surface area contributed by atoms with Crippen LogP contribution in [-0.4, -0.2) is 46.2 Å². The highest BCUT2D eigenvalue weighted by Gasteiger charge is 2.37. The normalized spacial score (nSPS) is 29.0. The van der Waals surface area contributed by atoms with Crippen molar-refractivity contribution in [1.29, 1.82) is 0 Å². The first kappa shape index (κ1) is 18.8. The number of hydrogen-bond acceptors (Lipinski definition) is 4. The SMILES string of the molecule is CC1CC(NC2C[S+]([O-])C2)CN(c2ccc(C(F)(F)F)c3ncccc23)C1. The summed E-state index contributed by atoms with van der Waals surface area (Å²) >= 11 is -0.701. The average Bonchev–Trinajstić information content (AvgIpc) is 2.58. The van der Waals surface area contributed by atoms with E-state index >= 15 is 0 Å². The number of piperidine rings is 1. The van der Waals surface area contributed by atoms with Crippen LogP contribution < -0.4 is 10.2 Å². The molecule has 3 heterocycles. The Balaban J connectivity index is 1.63. The van der Waals surface area contributed by atoms with E-state index in [4.69, 9.17) is 0 Å². The van der Waals surface area contributed by atoms with Crippen LogP contribution >= 0.6 is 0 Å². The van der Waals surface area contributed by atoms with Gasteiger partial charge < -0.3 is 14.8 Å². The molecule has 0 spiro atoms. The molecule has 0 saturated carbocycles. The molecule has 0 radical (unpaired) electrons. The van der Waals surface area contributed by atoms with Gasteiger partial charge in [-0.25, -0.2) is 0 Å². The molecule has 1 N–H and O–H groups in total. The Hall–Kier alpha value is -1.51. The van der Waals surface area contributed by atoms with Crippen LogP contribution in [-0.2, 0) is 17.4 Å². The predicted octanol–water partition coefficient (Wildman–Crippen LogP) is 3.19. The molecule has 2 saturated heterocycles. The van der Waals surface area contributed by atoms with Gasteiger partial charge in [-0.05, 0) is 36.6 Å². The second-order valence-electron chi connectivity index (χ2n) is 7.61. The van der Waals surface area contributed by atoms with Crippen molar-refractivity contribution in [3.63, 3.8) is 0 Å². The first-order valence-corrected chi connectivity index (χ1v) is 10.6. The Kier molecular flexibility index (Phi) is 4.98. The number of nitrogens with one attached hydrogen (secondary N) is 1. The summed E-state index contributed by atoms with van der Waals surface area (Å²) in [5.74, 6) is 1.80. The molecule has 8 heteroatoms. The average molecular weight is 397 g/mol. The third kappa shape index (κ3) is 3.88. The summed E-state index contributed by atoms with van der Waals surface area (Å²) in [7, 11) is 0. The zero-order chi connectivity index (χ0) is 19.2. The summed E-state index contributed by atoms with van der Waals surface area (Å²) < 4.78 is 51.4. The van der Waals surface area contributed by atoms with E-state index in [0.717, 1.165) is 31.3 Å². The first-order valence-electron chi connectivity index (χ1n) is 9.12. The minimum atomic E-state index is -4.43. The van der Waals surface area contributed by atoms with Crippen molar-refractivity contribution in [2.24, 2.45) is 5.92 Å². The summed E-state index contributed by atoms with van der Waals surface area (Å²) in [4.78, 5) is 6.18. The molecule has 0 bridgehead atoms. The van der Waals surface area contributed by atoms with Gasteiger partial charge in [0.15, 0.2) is 0 Å². The molecule has 2 aliphatic heterocycles. The minimum Gasteiger partial charge on any atom is -0.616 e. The summed E-state index contributed by atoms with van der Waals surface area (Å²) in [5.41, 5.74) is 0.0970. The van der Waals surface area contributed by atoms with Gasteiger partial charge in [-0.1, -0.05) is 18.1 Å². The highest BCUT2D eigenvalue weighted by molar-refractivity contribution is 7.92. The maximum Gasteiger partial charge on any atom is 0.418 e. The first-order chi connectivity index (χ1) is 12.8. The number of anilines is 1. The van der Waals surface area contributed by atoms with E-state index in [9.17, 15) is 17.7 Å². The van der Waals surface area contributed by atoms with E-state index in [-0.39, 0.29) is 17.6 Å². The molecule has 2 atom stereocenters. The van der Waals surface area contributed by atoms with Crippen LogP contribution in [0.15, 0.2) is 30.5 Å². The molecule has 2 aliphatic rings. The largest absolute Gasteiger partial charge is 0.616 e. The van der Waals surface area contributed by atoms with Crippen molar-refractivity contribution in [2.75, 3.05) is 29.5 Å². The topological polar surface area (TPSA) is 51.2 Å². The van der Waals surface area contributed by atoms with Gasteiger partial charge in [0.05, 0.1) is 17.1 Å². The second-order valence-corrected chi connectivity index (χ2v) is 9.16. The Morgan fingerprint density at radius 3 is 2.67 bits per heavy atom. The van der Waals surface area contributed by atoms with Gasteiger partial charge in [0.1, 0.15) is 11.5 Å². The van der Waals surface area contributed by atoms with E-state index in [1.54, 1.807) is 18.2 Å². The monoisotopic (exact) mass is 397 g/mol. The number of nitrogens with zero attached hydrogens (tertiary/aromatic N) is 2. The Morgan fingerprint density at radius 2 is 1.96 bits per heavy atom. The van der Waals surface area contributed by atoms with E-state index in [1.165, 1.54) is 6.20 Å². The molecule has 1 aromatic heterocycles. The summed E-state index contributed by atoms with van der Waals surface area (Å²) in [6.07, 6.45) is -2.01. The van der Waals surface area contributed by atoms with Crippen molar-refractivity contribution >= 4 is 27.8 Å². The number of pyridine rings is 1. The van der Waals surface area contributed by atoms with Crippen molar-refractivity contribution in [2.45, 2.75) is 31.6 Å². The lowest BCUT2D eigenvalue weighted by atomic mass is 9.94. The molecule has 146 valence electrons. The molecule has 2 unspecified atom stereocenters. The minimum absolute atomic E-state index is 0.000347. The summed E-state index contributed by atoms with van der Waals surface area (Å²) in [5, 5.41) is 4.10. The van der Waals surface area contributed by atoms with E-state index in [1.807, 2.05) is 0 Å². The Labute approximate surface area is 159 Å². The van der Waals surface area contributed by atoms with Gasteiger partial charge in [-0.15, -0.1) is 0 Å². The van der Waals surface area contributed by atoms with Crippen LogP contribution in [0.2, 0.25) is 0 Å². The van der Waals surface area contributed by atoms with Crippen LogP contribution in [0.5, 0.6) is 0 Å². The molecular formula is C19H22F3N3OS. The predicted molar refractivity (Wildman–Crippen MR) is 101 cm³/mol. The van der Waals surface area contributed by atoms with Gasteiger partial charge in [-0.3, -0.25) is 4.98 Å². The van der Waals surface area contributed by atoms with Crippen LogP contribution in [0.3, 0.4) is 0 Å². The number of alkyl halides is 3. The van der Waals surface area contributed by atoms with Crippen molar-refractivity contribution in [1.82, 2.24) is 10.3 Å². The fraction of sp³-hybridized carbons (Fsp3) is 0.526. The number of fused-ring (bicyclic) bond motifs is 1. The number of rotatable bonds is 3. The lowest BCUT2D eigenvalue weighted by Gasteiger charge is -2.41. The number of halogens is 3. The maximum absolute atomic E-state index is 13.3. The standard InChI is InChI=1S/C19H22F3N3OS/c1-12-7-13(24-14-10-27(26)11-14)9-25(8-12)17-5-4-16(19(20,21)22)18-15(17)3-2-6-23-18/h2-6,12-14,24H,7-11H2,1H3. The summed E-state index contributed by atoms with van der Waals surface area (Å²) in [6.45, 7) is 3.68. The third-order valence-corrected chi connectivity index (χ3v) is 6.85. The van der Waals surface area contributed by atoms with E-state index in [0.29, 0.717) is 22.8 Å². The second kappa shape index (κ2) is 7.14. The van der Waals surface area contributed by atoms with E-state index in [2.05, 4.69) is 22.1 Å². The molecule has 4 nitrogen and oxygen atoms in total. The van der Waals surface area contributed by atoms with Crippen molar-refractivity contribution < 1.29 is 17.7 Å². The Bertz CT molecular complexity index is 825. The van der Waals surface area contributed by atoms with Crippen LogP contribution in [0.1, 0.15) is 18.9 Å². The zero-order valence-electron chi connectivity index (χ0n) is 15.0. The molecule has 4 rings (SSSR count). The lowest BCUT2D eigenvalue weighted by molar-refractivity contribution is -0.136. The Morgan fingerprint density at radius 1 is 1.19 bits per heavy atom. The smallest absolute Gasteiger partial charge is 0.418 e. The highest BCUT2D eigenvalue weighted by Crippen LogP contribution is 2.38. The molecule has 2 aromatic rings. The van der Waals surface area contributed by atoms with Gasteiger partial charge in [0.25, 0.3) is 0 Å². The quantitative estimate of drug-likeness (QED) is 0.809. The van der Waals surface area contributed by atoms with E-state index < -0.39 is 22.9 Å². The maximum atomic E-state index is 13.3. The molecular weight excluding hydrogens is 375 g/mol. The highest BCUT2D eigenvalue weighted by atomic mass is 32.2. The third-order valence-electron chi connectivity index (χ3n) is 5.30. The van der Waals surface area contributed by atoms with Gasteiger partial charge in [-0.2, -0.15) is 13.2 Å². The molecule has 0 amide bonds. The number of aromatic nitrogens is 1. The number of hydrogen-bond donors (Lipinski definition) is 1. The van der Waals surface area contributed by atoms with Crippen molar-refractivity contribution in [3.05, 3.63) is 36.0 Å². The van der Waals surface area contributed by atoms with Crippen LogP contribution in [0.25, 0.3) is 10.9 Å².